The van der Waals surface area contributed by atoms with Crippen molar-refractivity contribution >= 4 is 17.9 Å². The van der Waals surface area contributed by atoms with Crippen molar-refractivity contribution in [2.45, 2.75) is 335 Å². The lowest BCUT2D eigenvalue weighted by Crippen LogP contribution is -2.30. The molecule has 6 nitrogen and oxygen atoms in total. The number of hydrogen-bond donors (Lipinski definition) is 0. The van der Waals surface area contributed by atoms with Crippen LogP contribution in [0.3, 0.4) is 0 Å². The van der Waals surface area contributed by atoms with E-state index in [1.165, 1.54) is 218 Å². The highest BCUT2D eigenvalue weighted by Gasteiger charge is 2.19. The molecule has 0 aliphatic rings. The maximum absolute atomic E-state index is 12.9. The summed E-state index contributed by atoms with van der Waals surface area (Å²) in [5.41, 5.74) is 0. The quantitative estimate of drug-likeness (QED) is 0.0262. The summed E-state index contributed by atoms with van der Waals surface area (Å²) < 4.78 is 16.9. The second kappa shape index (κ2) is 56.5. The van der Waals surface area contributed by atoms with Gasteiger partial charge in [-0.25, -0.2) is 0 Å². The van der Waals surface area contributed by atoms with Gasteiger partial charge in [-0.3, -0.25) is 14.4 Å². The zero-order valence-corrected chi connectivity index (χ0v) is 45.2. The SMILES string of the molecule is CCCCC/C=C\C/C=C\CCCCCCCCCC(=O)O[C@@H](COC(=O)CCCCCCCCCCCCCCCCC)COC(=O)CCCCCCCCCCCCCCCCCCC. The Labute approximate surface area is 417 Å². The summed E-state index contributed by atoms with van der Waals surface area (Å²) in [7, 11) is 0. The van der Waals surface area contributed by atoms with Crippen molar-refractivity contribution in [2.75, 3.05) is 13.2 Å². The molecule has 6 heteroatoms. The largest absolute Gasteiger partial charge is 0.462 e. The molecule has 0 fully saturated rings. The average Bonchev–Trinajstić information content (AvgIpc) is 3.33. The highest BCUT2D eigenvalue weighted by molar-refractivity contribution is 5.71. The van der Waals surface area contributed by atoms with Crippen LogP contribution in [0.4, 0.5) is 0 Å². The molecule has 0 unspecified atom stereocenters. The van der Waals surface area contributed by atoms with Gasteiger partial charge in [-0.1, -0.05) is 283 Å². The topological polar surface area (TPSA) is 78.9 Å². The Morgan fingerprint density at radius 2 is 0.537 bits per heavy atom. The van der Waals surface area contributed by atoms with Gasteiger partial charge in [0.1, 0.15) is 13.2 Å². The molecule has 394 valence electrons. The van der Waals surface area contributed by atoms with Crippen LogP contribution in [0.1, 0.15) is 329 Å². The summed E-state index contributed by atoms with van der Waals surface area (Å²) in [6.07, 6.45) is 65.9. The molecular weight excluding hydrogens is 829 g/mol. The van der Waals surface area contributed by atoms with E-state index < -0.39 is 6.10 Å². The van der Waals surface area contributed by atoms with Gasteiger partial charge in [-0.05, 0) is 51.4 Å². The van der Waals surface area contributed by atoms with Crippen molar-refractivity contribution in [1.29, 1.82) is 0 Å². The maximum atomic E-state index is 12.9. The summed E-state index contributed by atoms with van der Waals surface area (Å²) >= 11 is 0. The fourth-order valence-electron chi connectivity index (χ4n) is 8.95. The Morgan fingerprint density at radius 1 is 0.299 bits per heavy atom. The number of carbonyl (C=O) groups excluding carboxylic acids is 3. The lowest BCUT2D eigenvalue weighted by atomic mass is 10.0. The average molecular weight is 944 g/mol. The van der Waals surface area contributed by atoms with Gasteiger partial charge in [0.2, 0.25) is 0 Å². The van der Waals surface area contributed by atoms with E-state index in [2.05, 4.69) is 45.1 Å². The van der Waals surface area contributed by atoms with Crippen LogP contribution in [0, 0.1) is 0 Å². The summed E-state index contributed by atoms with van der Waals surface area (Å²) in [6.45, 7) is 6.67. The lowest BCUT2D eigenvalue weighted by Gasteiger charge is -2.18. The molecule has 0 aromatic heterocycles. The molecule has 0 saturated carbocycles. The molecule has 0 radical (unpaired) electrons. The minimum atomic E-state index is -0.770. The second-order valence-electron chi connectivity index (χ2n) is 20.3. The highest BCUT2D eigenvalue weighted by Crippen LogP contribution is 2.17. The van der Waals surface area contributed by atoms with E-state index in [1.807, 2.05) is 0 Å². The van der Waals surface area contributed by atoms with Crippen LogP contribution < -0.4 is 0 Å². The number of carbonyl (C=O) groups is 3. The van der Waals surface area contributed by atoms with Crippen molar-refractivity contribution in [1.82, 2.24) is 0 Å². The smallest absolute Gasteiger partial charge is 0.306 e. The Balaban J connectivity index is 4.33. The van der Waals surface area contributed by atoms with Crippen LogP contribution >= 0.6 is 0 Å². The van der Waals surface area contributed by atoms with E-state index in [0.29, 0.717) is 19.3 Å². The number of esters is 3. The number of rotatable bonds is 55. The molecule has 0 rings (SSSR count). The highest BCUT2D eigenvalue weighted by atomic mass is 16.6. The monoisotopic (exact) mass is 943 g/mol. The van der Waals surface area contributed by atoms with E-state index in [9.17, 15) is 14.4 Å². The molecule has 0 spiro atoms. The Hall–Kier alpha value is -2.11. The van der Waals surface area contributed by atoms with Crippen molar-refractivity contribution in [3.05, 3.63) is 24.3 Å². The predicted octanol–water partition coefficient (Wildman–Crippen LogP) is 19.9. The molecule has 0 aromatic carbocycles. The number of ether oxygens (including phenoxy) is 3. The van der Waals surface area contributed by atoms with Crippen molar-refractivity contribution < 1.29 is 28.6 Å². The van der Waals surface area contributed by atoms with Crippen LogP contribution in [0.25, 0.3) is 0 Å². The third-order valence-corrected chi connectivity index (χ3v) is 13.5. The Kier molecular flexibility index (Phi) is 54.7. The first-order valence-electron chi connectivity index (χ1n) is 29.8. The first-order valence-corrected chi connectivity index (χ1v) is 29.8. The molecule has 0 aliphatic heterocycles. The molecule has 1 atom stereocenters. The first-order chi connectivity index (χ1) is 33.0. The molecule has 0 aliphatic carbocycles. The lowest BCUT2D eigenvalue weighted by molar-refractivity contribution is -0.167. The normalized spacial score (nSPS) is 12.1. The Morgan fingerprint density at radius 3 is 0.851 bits per heavy atom. The van der Waals surface area contributed by atoms with Gasteiger partial charge in [0, 0.05) is 19.3 Å². The van der Waals surface area contributed by atoms with Crippen LogP contribution in [0.5, 0.6) is 0 Å². The molecule has 0 N–H and O–H groups in total. The summed E-state index contributed by atoms with van der Waals surface area (Å²) in [4.78, 5) is 38.2. The molecule has 0 aromatic rings. The number of allylic oxidation sites excluding steroid dienone is 4. The maximum Gasteiger partial charge on any atom is 0.306 e. The third kappa shape index (κ3) is 54.7. The van der Waals surface area contributed by atoms with Gasteiger partial charge in [0.25, 0.3) is 0 Å². The third-order valence-electron chi connectivity index (χ3n) is 13.5. The van der Waals surface area contributed by atoms with Gasteiger partial charge in [0.05, 0.1) is 0 Å². The molecule has 67 heavy (non-hydrogen) atoms. The first kappa shape index (κ1) is 64.9. The molecule has 0 heterocycles. The van der Waals surface area contributed by atoms with Gasteiger partial charge in [-0.2, -0.15) is 0 Å². The number of unbranched alkanes of at least 4 members (excludes halogenated alkanes) is 40. The van der Waals surface area contributed by atoms with E-state index in [0.717, 1.165) is 70.6 Å². The van der Waals surface area contributed by atoms with Crippen LogP contribution in [0.2, 0.25) is 0 Å². The fraction of sp³-hybridized carbons (Fsp3) is 0.885. The minimum absolute atomic E-state index is 0.0687. The fourth-order valence-corrected chi connectivity index (χ4v) is 8.95. The van der Waals surface area contributed by atoms with Gasteiger partial charge < -0.3 is 14.2 Å². The van der Waals surface area contributed by atoms with Crippen molar-refractivity contribution in [2.24, 2.45) is 0 Å². The van der Waals surface area contributed by atoms with Gasteiger partial charge in [0.15, 0.2) is 6.10 Å². The minimum Gasteiger partial charge on any atom is -0.462 e. The summed E-state index contributed by atoms with van der Waals surface area (Å²) in [5.74, 6) is -0.852. The summed E-state index contributed by atoms with van der Waals surface area (Å²) in [6, 6.07) is 0. The number of hydrogen-bond acceptors (Lipinski definition) is 6. The van der Waals surface area contributed by atoms with Crippen LogP contribution in [-0.2, 0) is 28.6 Å². The van der Waals surface area contributed by atoms with Gasteiger partial charge in [-0.15, -0.1) is 0 Å². The van der Waals surface area contributed by atoms with E-state index in [-0.39, 0.29) is 31.1 Å². The summed E-state index contributed by atoms with van der Waals surface area (Å²) in [5, 5.41) is 0. The zero-order valence-electron chi connectivity index (χ0n) is 45.2. The van der Waals surface area contributed by atoms with Crippen molar-refractivity contribution in [3.63, 3.8) is 0 Å². The second-order valence-corrected chi connectivity index (χ2v) is 20.3. The molecule has 0 amide bonds. The van der Waals surface area contributed by atoms with Gasteiger partial charge >= 0.3 is 17.9 Å². The molecule has 0 saturated heterocycles. The van der Waals surface area contributed by atoms with Crippen LogP contribution in [-0.4, -0.2) is 37.2 Å². The predicted molar refractivity (Wildman–Crippen MR) is 289 cm³/mol. The van der Waals surface area contributed by atoms with E-state index >= 15 is 0 Å². The zero-order chi connectivity index (χ0) is 48.6. The molecular formula is C61H114O6. The van der Waals surface area contributed by atoms with E-state index in [1.54, 1.807) is 0 Å². The van der Waals surface area contributed by atoms with E-state index in [4.69, 9.17) is 14.2 Å². The van der Waals surface area contributed by atoms with Crippen molar-refractivity contribution in [3.8, 4) is 0 Å². The standard InChI is InChI=1S/C61H114O6/c1-4-7-10-13-16-19-22-25-28-30-33-36-39-42-45-48-51-54-60(63)66-57-58(56-65-59(62)53-50-47-44-41-38-35-32-27-24-21-18-15-12-9-6-3)67-61(64)55-52-49-46-43-40-37-34-31-29-26-23-20-17-14-11-8-5-2/h17,20,26,29,58H,4-16,18-19,21-25,27-28,30-57H2,1-3H3/b20-17-,29-26-/t58-/m0/s1. The Bertz CT molecular complexity index is 1080. The van der Waals surface area contributed by atoms with Crippen LogP contribution in [0.15, 0.2) is 24.3 Å². The molecule has 0 bridgehead atoms.